The lowest BCUT2D eigenvalue weighted by Crippen LogP contribution is -2.37. The molecule has 1 aromatic heterocycles. The van der Waals surface area contributed by atoms with Gasteiger partial charge in [-0.3, -0.25) is 9.69 Å². The van der Waals surface area contributed by atoms with Crippen LogP contribution in [0.5, 0.6) is 0 Å². The minimum Gasteiger partial charge on any atom is -0.308 e. The summed E-state index contributed by atoms with van der Waals surface area (Å²) in [5.74, 6) is 0.0893. The molecular weight excluding hydrogens is 342 g/mol. The Hall–Kier alpha value is -2.24. The van der Waals surface area contributed by atoms with E-state index in [4.69, 9.17) is 4.98 Å². The number of carbonyl (C=O) groups excluding carboxylic acids is 1. The van der Waals surface area contributed by atoms with Crippen molar-refractivity contribution in [3.63, 3.8) is 0 Å². The SMILES string of the molecule is Cc1ccc2sc(N(CCN(C)C)C(=O)Cc3ccccc3)nc2c1C. The van der Waals surface area contributed by atoms with E-state index in [1.165, 1.54) is 11.1 Å². The number of nitrogens with zero attached hydrogens (tertiary/aromatic N) is 3. The molecule has 136 valence electrons. The van der Waals surface area contributed by atoms with E-state index in [1.54, 1.807) is 11.3 Å². The van der Waals surface area contributed by atoms with E-state index in [0.29, 0.717) is 13.0 Å². The zero-order chi connectivity index (χ0) is 18.7. The minimum atomic E-state index is 0.0893. The fourth-order valence-electron chi connectivity index (χ4n) is 2.82. The fourth-order valence-corrected chi connectivity index (χ4v) is 3.89. The van der Waals surface area contributed by atoms with Crippen LogP contribution >= 0.6 is 11.3 Å². The smallest absolute Gasteiger partial charge is 0.233 e. The molecule has 0 aliphatic rings. The number of thiazole rings is 1. The quantitative estimate of drug-likeness (QED) is 0.659. The molecule has 0 spiro atoms. The van der Waals surface area contributed by atoms with E-state index in [0.717, 1.165) is 27.5 Å². The summed E-state index contributed by atoms with van der Waals surface area (Å²) in [7, 11) is 4.04. The van der Waals surface area contributed by atoms with Gasteiger partial charge in [0.05, 0.1) is 16.6 Å². The second-order valence-corrected chi connectivity index (χ2v) is 7.87. The average Bonchev–Trinajstić information content (AvgIpc) is 3.04. The van der Waals surface area contributed by atoms with E-state index in [-0.39, 0.29) is 5.91 Å². The molecule has 1 amide bonds. The topological polar surface area (TPSA) is 36.4 Å². The van der Waals surface area contributed by atoms with Crippen LogP contribution in [0.4, 0.5) is 5.13 Å². The molecule has 0 N–H and O–H groups in total. The summed E-state index contributed by atoms with van der Waals surface area (Å²) in [6.07, 6.45) is 0.391. The molecule has 0 radical (unpaired) electrons. The molecule has 0 saturated carbocycles. The molecule has 1 heterocycles. The van der Waals surface area contributed by atoms with Crippen LogP contribution in [0.2, 0.25) is 0 Å². The molecule has 3 rings (SSSR count). The largest absolute Gasteiger partial charge is 0.308 e. The summed E-state index contributed by atoms with van der Waals surface area (Å²) >= 11 is 1.59. The van der Waals surface area contributed by atoms with Gasteiger partial charge in [0.15, 0.2) is 5.13 Å². The van der Waals surface area contributed by atoms with Gasteiger partial charge in [-0.2, -0.15) is 0 Å². The Balaban J connectivity index is 1.92. The Bertz CT molecular complexity index is 902. The van der Waals surface area contributed by atoms with Gasteiger partial charge in [0.25, 0.3) is 0 Å². The van der Waals surface area contributed by atoms with Crippen molar-refractivity contribution in [3.8, 4) is 0 Å². The van der Waals surface area contributed by atoms with Crippen LogP contribution in [0.1, 0.15) is 16.7 Å². The highest BCUT2D eigenvalue weighted by atomic mass is 32.1. The summed E-state index contributed by atoms with van der Waals surface area (Å²) in [5, 5.41) is 0.788. The van der Waals surface area contributed by atoms with Crippen molar-refractivity contribution in [2.45, 2.75) is 20.3 Å². The number of fused-ring (bicyclic) bond motifs is 1. The first-order valence-corrected chi connectivity index (χ1v) is 9.63. The second kappa shape index (κ2) is 7.98. The first kappa shape index (κ1) is 18.5. The first-order valence-electron chi connectivity index (χ1n) is 8.81. The van der Waals surface area contributed by atoms with Crippen molar-refractivity contribution in [3.05, 3.63) is 59.2 Å². The number of benzene rings is 2. The molecule has 0 bridgehead atoms. The lowest BCUT2D eigenvalue weighted by atomic mass is 10.1. The van der Waals surface area contributed by atoms with Crippen LogP contribution in [0.3, 0.4) is 0 Å². The van der Waals surface area contributed by atoms with Gasteiger partial charge in [0.1, 0.15) is 0 Å². The van der Waals surface area contributed by atoms with Gasteiger partial charge < -0.3 is 4.90 Å². The lowest BCUT2D eigenvalue weighted by Gasteiger charge is -2.22. The number of likely N-dealkylation sites (N-methyl/N-ethyl adjacent to an activating group) is 1. The van der Waals surface area contributed by atoms with E-state index in [2.05, 4.69) is 30.9 Å². The van der Waals surface area contributed by atoms with Crippen molar-refractivity contribution in [2.75, 3.05) is 32.1 Å². The zero-order valence-corrected chi connectivity index (χ0v) is 16.6. The maximum absolute atomic E-state index is 13.0. The number of hydrogen-bond donors (Lipinski definition) is 0. The summed E-state index contributed by atoms with van der Waals surface area (Å²) in [4.78, 5) is 21.8. The molecule has 2 aromatic carbocycles. The summed E-state index contributed by atoms with van der Waals surface area (Å²) in [6, 6.07) is 14.1. The Kier molecular flexibility index (Phi) is 5.69. The maximum atomic E-state index is 13.0. The van der Waals surface area contributed by atoms with Crippen molar-refractivity contribution in [1.82, 2.24) is 9.88 Å². The van der Waals surface area contributed by atoms with Crippen LogP contribution in [-0.4, -0.2) is 43.0 Å². The standard InChI is InChI=1S/C21H25N3OS/c1-15-10-11-18-20(16(15)2)22-21(26-18)24(13-12-23(3)4)19(25)14-17-8-6-5-7-9-17/h5-11H,12-14H2,1-4H3. The van der Waals surface area contributed by atoms with Crippen LogP contribution in [-0.2, 0) is 11.2 Å². The van der Waals surface area contributed by atoms with Gasteiger partial charge >= 0.3 is 0 Å². The van der Waals surface area contributed by atoms with Gasteiger partial charge in [0.2, 0.25) is 5.91 Å². The van der Waals surface area contributed by atoms with Gasteiger partial charge in [0, 0.05) is 13.1 Å². The highest BCUT2D eigenvalue weighted by Gasteiger charge is 2.20. The Morgan fingerprint density at radius 1 is 1.04 bits per heavy atom. The Labute approximate surface area is 159 Å². The molecule has 4 nitrogen and oxygen atoms in total. The van der Waals surface area contributed by atoms with Crippen LogP contribution in [0, 0.1) is 13.8 Å². The molecule has 0 unspecified atom stereocenters. The Morgan fingerprint density at radius 3 is 2.46 bits per heavy atom. The Morgan fingerprint density at radius 2 is 1.77 bits per heavy atom. The van der Waals surface area contributed by atoms with E-state index >= 15 is 0 Å². The van der Waals surface area contributed by atoms with E-state index in [9.17, 15) is 4.79 Å². The van der Waals surface area contributed by atoms with Crippen LogP contribution < -0.4 is 4.90 Å². The third-order valence-corrected chi connectivity index (χ3v) is 5.62. The predicted octanol–water partition coefficient (Wildman–Crippen LogP) is 4.05. The normalized spacial score (nSPS) is 11.3. The molecule has 0 aliphatic heterocycles. The average molecular weight is 368 g/mol. The molecule has 26 heavy (non-hydrogen) atoms. The fraction of sp³-hybridized carbons (Fsp3) is 0.333. The van der Waals surface area contributed by atoms with Crippen molar-refractivity contribution in [1.29, 1.82) is 0 Å². The highest BCUT2D eigenvalue weighted by Crippen LogP contribution is 2.32. The highest BCUT2D eigenvalue weighted by molar-refractivity contribution is 7.22. The van der Waals surface area contributed by atoms with Gasteiger partial charge in [-0.05, 0) is 50.7 Å². The number of hydrogen-bond acceptors (Lipinski definition) is 4. The lowest BCUT2D eigenvalue weighted by molar-refractivity contribution is -0.118. The number of anilines is 1. The summed E-state index contributed by atoms with van der Waals surface area (Å²) < 4.78 is 1.13. The molecule has 5 heteroatoms. The molecule has 0 atom stereocenters. The molecule has 0 saturated heterocycles. The zero-order valence-electron chi connectivity index (χ0n) is 15.8. The number of amides is 1. The number of rotatable bonds is 6. The minimum absolute atomic E-state index is 0.0893. The van der Waals surface area contributed by atoms with Gasteiger partial charge in [-0.1, -0.05) is 47.7 Å². The van der Waals surface area contributed by atoms with E-state index < -0.39 is 0 Å². The van der Waals surface area contributed by atoms with Crippen LogP contribution in [0.15, 0.2) is 42.5 Å². The first-order chi connectivity index (χ1) is 12.5. The number of carbonyl (C=O) groups is 1. The van der Waals surface area contributed by atoms with Crippen molar-refractivity contribution < 1.29 is 4.79 Å². The molecular formula is C21H25N3OS. The second-order valence-electron chi connectivity index (χ2n) is 6.86. The predicted molar refractivity (Wildman–Crippen MR) is 110 cm³/mol. The number of aromatic nitrogens is 1. The van der Waals surface area contributed by atoms with Gasteiger partial charge in [-0.25, -0.2) is 4.98 Å². The molecule has 3 aromatic rings. The molecule has 0 fully saturated rings. The monoisotopic (exact) mass is 367 g/mol. The third-order valence-electron chi connectivity index (χ3n) is 4.57. The van der Waals surface area contributed by atoms with Crippen LogP contribution in [0.25, 0.3) is 10.2 Å². The maximum Gasteiger partial charge on any atom is 0.233 e. The molecule has 0 aliphatic carbocycles. The van der Waals surface area contributed by atoms with Crippen molar-refractivity contribution >= 4 is 32.6 Å². The van der Waals surface area contributed by atoms with Gasteiger partial charge in [-0.15, -0.1) is 0 Å². The number of aryl methyl sites for hydroxylation is 2. The summed E-state index contributed by atoms with van der Waals surface area (Å²) in [6.45, 7) is 5.63. The van der Waals surface area contributed by atoms with Crippen molar-refractivity contribution in [2.24, 2.45) is 0 Å². The third kappa shape index (κ3) is 4.11. The summed E-state index contributed by atoms with van der Waals surface area (Å²) in [5.41, 5.74) is 4.45. The van der Waals surface area contributed by atoms with E-state index in [1.807, 2.05) is 49.3 Å².